The Morgan fingerprint density at radius 3 is 2.55 bits per heavy atom. The number of rotatable bonds is 4. The highest BCUT2D eigenvalue weighted by atomic mass is 35.5. The van der Waals surface area contributed by atoms with Gasteiger partial charge in [0.05, 0.1) is 13.2 Å². The minimum absolute atomic E-state index is 0.155. The summed E-state index contributed by atoms with van der Waals surface area (Å²) in [7, 11) is 3.47. The summed E-state index contributed by atoms with van der Waals surface area (Å²) in [6.45, 7) is 1.73. The summed E-state index contributed by atoms with van der Waals surface area (Å²) in [5, 5.41) is 3.61. The Morgan fingerprint density at radius 1 is 1.20 bits per heavy atom. The van der Waals surface area contributed by atoms with Crippen LogP contribution in [0, 0.1) is 12.7 Å². The molecule has 1 N–H and O–H groups in total. The summed E-state index contributed by atoms with van der Waals surface area (Å²) >= 11 is 6.20. The number of hydrogen-bond donors (Lipinski definition) is 1. The van der Waals surface area contributed by atoms with Gasteiger partial charge in [-0.1, -0.05) is 29.8 Å². The van der Waals surface area contributed by atoms with Crippen molar-refractivity contribution in [2.75, 3.05) is 14.2 Å². The largest absolute Gasteiger partial charge is 0.496 e. The summed E-state index contributed by atoms with van der Waals surface area (Å²) in [6.07, 6.45) is 0. The molecule has 1 atom stereocenters. The van der Waals surface area contributed by atoms with Crippen molar-refractivity contribution in [2.45, 2.75) is 13.0 Å². The third-order valence-corrected chi connectivity index (χ3v) is 3.65. The van der Waals surface area contributed by atoms with Gasteiger partial charge in [0.2, 0.25) is 0 Å². The third kappa shape index (κ3) is 2.79. The monoisotopic (exact) mass is 293 g/mol. The predicted molar refractivity (Wildman–Crippen MR) is 80.0 cm³/mol. The molecule has 0 saturated heterocycles. The zero-order valence-electron chi connectivity index (χ0n) is 11.7. The van der Waals surface area contributed by atoms with E-state index in [0.29, 0.717) is 10.6 Å². The minimum Gasteiger partial charge on any atom is -0.496 e. The quantitative estimate of drug-likeness (QED) is 0.916. The van der Waals surface area contributed by atoms with Crippen molar-refractivity contribution < 1.29 is 9.13 Å². The van der Waals surface area contributed by atoms with Gasteiger partial charge in [0.25, 0.3) is 0 Å². The van der Waals surface area contributed by atoms with E-state index in [1.165, 1.54) is 6.07 Å². The Morgan fingerprint density at radius 2 is 1.90 bits per heavy atom. The fourth-order valence-corrected chi connectivity index (χ4v) is 2.54. The van der Waals surface area contributed by atoms with E-state index in [1.807, 2.05) is 31.3 Å². The molecule has 4 heteroatoms. The van der Waals surface area contributed by atoms with Gasteiger partial charge >= 0.3 is 0 Å². The van der Waals surface area contributed by atoms with E-state index in [9.17, 15) is 4.39 Å². The molecule has 0 saturated carbocycles. The summed E-state index contributed by atoms with van der Waals surface area (Å²) in [6, 6.07) is 10.7. The first-order valence-electron chi connectivity index (χ1n) is 6.34. The SMILES string of the molecule is CNC(c1cc(C)c(F)cc1Cl)c1ccccc1OC. The van der Waals surface area contributed by atoms with E-state index in [2.05, 4.69) is 5.32 Å². The second-order valence-electron chi connectivity index (χ2n) is 4.59. The van der Waals surface area contributed by atoms with Gasteiger partial charge in [0.15, 0.2) is 0 Å². The maximum Gasteiger partial charge on any atom is 0.127 e. The molecular formula is C16H17ClFNO. The van der Waals surface area contributed by atoms with E-state index in [-0.39, 0.29) is 11.9 Å². The molecule has 106 valence electrons. The van der Waals surface area contributed by atoms with Crippen LogP contribution in [0.3, 0.4) is 0 Å². The van der Waals surface area contributed by atoms with Crippen LogP contribution in [-0.4, -0.2) is 14.2 Å². The predicted octanol–water partition coefficient (Wildman–Crippen LogP) is 4.10. The maximum absolute atomic E-state index is 13.5. The highest BCUT2D eigenvalue weighted by Gasteiger charge is 2.20. The number of ether oxygens (including phenoxy) is 1. The Bertz CT molecular complexity index is 615. The van der Waals surface area contributed by atoms with Gasteiger partial charge in [-0.05, 0) is 43.3 Å². The molecule has 0 bridgehead atoms. The van der Waals surface area contributed by atoms with Crippen molar-refractivity contribution in [3.63, 3.8) is 0 Å². The molecule has 20 heavy (non-hydrogen) atoms. The molecule has 0 radical (unpaired) electrons. The standard InChI is InChI=1S/C16H17ClFNO/c1-10-8-12(13(17)9-14(10)18)16(19-2)11-6-4-5-7-15(11)20-3/h4-9,16,19H,1-3H3. The number of methoxy groups -OCH3 is 1. The molecule has 0 aliphatic heterocycles. The Hall–Kier alpha value is -1.58. The van der Waals surface area contributed by atoms with Crippen molar-refractivity contribution in [1.29, 1.82) is 0 Å². The average Bonchev–Trinajstić information content (AvgIpc) is 2.45. The van der Waals surface area contributed by atoms with Crippen LogP contribution in [0.15, 0.2) is 36.4 Å². The fraction of sp³-hybridized carbons (Fsp3) is 0.250. The molecule has 0 aliphatic rings. The van der Waals surface area contributed by atoms with Crippen LogP contribution in [0.5, 0.6) is 5.75 Å². The van der Waals surface area contributed by atoms with Crippen molar-refractivity contribution in [2.24, 2.45) is 0 Å². The van der Waals surface area contributed by atoms with Gasteiger partial charge in [-0.15, -0.1) is 0 Å². The number of nitrogens with one attached hydrogen (secondary N) is 1. The van der Waals surface area contributed by atoms with Crippen LogP contribution in [0.2, 0.25) is 5.02 Å². The van der Waals surface area contributed by atoms with Crippen molar-refractivity contribution in [3.05, 3.63) is 63.9 Å². The van der Waals surface area contributed by atoms with E-state index in [1.54, 1.807) is 20.1 Å². The number of para-hydroxylation sites is 1. The lowest BCUT2D eigenvalue weighted by molar-refractivity contribution is 0.405. The summed E-state index contributed by atoms with van der Waals surface area (Å²) in [4.78, 5) is 0. The number of halogens is 2. The normalized spacial score (nSPS) is 12.2. The van der Waals surface area contributed by atoms with E-state index in [4.69, 9.17) is 16.3 Å². The second-order valence-corrected chi connectivity index (χ2v) is 4.99. The van der Waals surface area contributed by atoms with Crippen LogP contribution in [0.4, 0.5) is 4.39 Å². The summed E-state index contributed by atoms with van der Waals surface area (Å²) in [5.74, 6) is 0.471. The van der Waals surface area contributed by atoms with Gasteiger partial charge in [-0.3, -0.25) is 0 Å². The highest BCUT2D eigenvalue weighted by molar-refractivity contribution is 6.31. The summed E-state index contributed by atoms with van der Waals surface area (Å²) < 4.78 is 18.9. The van der Waals surface area contributed by atoms with Crippen LogP contribution < -0.4 is 10.1 Å². The number of hydrogen-bond acceptors (Lipinski definition) is 2. The molecule has 0 aliphatic carbocycles. The molecule has 2 nitrogen and oxygen atoms in total. The first-order valence-corrected chi connectivity index (χ1v) is 6.72. The third-order valence-electron chi connectivity index (χ3n) is 3.33. The van der Waals surface area contributed by atoms with Crippen molar-refractivity contribution in [3.8, 4) is 5.75 Å². The van der Waals surface area contributed by atoms with Crippen LogP contribution in [-0.2, 0) is 0 Å². The fourth-order valence-electron chi connectivity index (χ4n) is 2.28. The summed E-state index contributed by atoms with van der Waals surface area (Å²) in [5.41, 5.74) is 2.36. The highest BCUT2D eigenvalue weighted by Crippen LogP contribution is 2.34. The van der Waals surface area contributed by atoms with Crippen LogP contribution >= 0.6 is 11.6 Å². The lowest BCUT2D eigenvalue weighted by atomic mass is 9.96. The van der Waals surface area contributed by atoms with Gasteiger partial charge in [0, 0.05) is 10.6 Å². The van der Waals surface area contributed by atoms with Crippen LogP contribution in [0.1, 0.15) is 22.7 Å². The number of aryl methyl sites for hydroxylation is 1. The molecular weight excluding hydrogens is 277 g/mol. The van der Waals surface area contributed by atoms with Crippen molar-refractivity contribution in [1.82, 2.24) is 5.32 Å². The first-order chi connectivity index (χ1) is 9.58. The van der Waals surface area contributed by atoms with Gasteiger partial charge < -0.3 is 10.1 Å². The topological polar surface area (TPSA) is 21.3 Å². The minimum atomic E-state index is -0.298. The number of benzene rings is 2. The Balaban J connectivity index is 2.55. The zero-order chi connectivity index (χ0) is 14.7. The molecule has 1 unspecified atom stereocenters. The van der Waals surface area contributed by atoms with Gasteiger partial charge in [-0.25, -0.2) is 4.39 Å². The Labute approximate surface area is 123 Å². The lowest BCUT2D eigenvalue weighted by Crippen LogP contribution is -2.19. The van der Waals surface area contributed by atoms with Crippen LogP contribution in [0.25, 0.3) is 0 Å². The average molecular weight is 294 g/mol. The van der Waals surface area contributed by atoms with E-state index >= 15 is 0 Å². The first kappa shape index (κ1) is 14.8. The molecule has 2 rings (SSSR count). The molecule has 0 aromatic heterocycles. The molecule has 0 spiro atoms. The van der Waals surface area contributed by atoms with E-state index < -0.39 is 0 Å². The van der Waals surface area contributed by atoms with Gasteiger partial charge in [-0.2, -0.15) is 0 Å². The zero-order valence-corrected chi connectivity index (χ0v) is 12.5. The second kappa shape index (κ2) is 6.25. The molecule has 0 heterocycles. The maximum atomic E-state index is 13.5. The molecule has 0 fully saturated rings. The smallest absolute Gasteiger partial charge is 0.127 e. The molecule has 2 aromatic carbocycles. The molecule has 2 aromatic rings. The Kier molecular flexibility index (Phi) is 4.63. The lowest BCUT2D eigenvalue weighted by Gasteiger charge is -2.21. The molecule has 0 amide bonds. The van der Waals surface area contributed by atoms with E-state index in [0.717, 1.165) is 16.9 Å². The van der Waals surface area contributed by atoms with Gasteiger partial charge in [0.1, 0.15) is 11.6 Å². The van der Waals surface area contributed by atoms with Crippen molar-refractivity contribution >= 4 is 11.6 Å².